The number of ether oxygens (including phenoxy) is 1. The lowest BCUT2D eigenvalue weighted by atomic mass is 10.1. The predicted molar refractivity (Wildman–Crippen MR) is 111 cm³/mol. The molecular weight excluding hydrogens is 374 g/mol. The van der Waals surface area contributed by atoms with Gasteiger partial charge in [-0.25, -0.2) is 8.42 Å². The molecule has 0 bridgehead atoms. The maximum Gasteiger partial charge on any atom is 0.206 e. The summed E-state index contributed by atoms with van der Waals surface area (Å²) in [4.78, 5) is 0.306. The number of benzene rings is 2. The third kappa shape index (κ3) is 6.84. The van der Waals surface area contributed by atoms with Crippen molar-refractivity contribution in [2.45, 2.75) is 74.3 Å². The van der Waals surface area contributed by atoms with Gasteiger partial charge in [-0.2, -0.15) is 0 Å². The van der Waals surface area contributed by atoms with Crippen LogP contribution in [0.2, 0.25) is 0 Å². The normalized spacial score (nSPS) is 12.6. The second-order valence-electron chi connectivity index (χ2n) is 7.04. The third-order valence-corrected chi connectivity index (χ3v) is 6.45. The zero-order chi connectivity index (χ0) is 20.4. The first-order valence-electron chi connectivity index (χ1n) is 10.00. The van der Waals surface area contributed by atoms with E-state index in [9.17, 15) is 13.5 Å². The van der Waals surface area contributed by atoms with Crippen molar-refractivity contribution in [3.8, 4) is 11.5 Å². The minimum Gasteiger partial charge on any atom is -0.508 e. The van der Waals surface area contributed by atoms with Gasteiger partial charge < -0.3 is 9.84 Å². The zero-order valence-corrected chi connectivity index (χ0v) is 17.3. The number of aromatic hydroxyl groups is 1. The van der Waals surface area contributed by atoms with Crippen molar-refractivity contribution in [2.75, 3.05) is 0 Å². The van der Waals surface area contributed by atoms with Gasteiger partial charge in [0, 0.05) is 0 Å². The fourth-order valence-electron chi connectivity index (χ4n) is 3.00. The molecule has 6 heteroatoms. The van der Waals surface area contributed by atoms with Crippen molar-refractivity contribution in [1.82, 2.24) is 0 Å². The molecule has 0 fully saturated rings. The molecule has 0 heterocycles. The number of phenols is 1. The van der Waals surface area contributed by atoms with Crippen LogP contribution in [0, 0.1) is 0 Å². The molecule has 0 aromatic heterocycles. The smallest absolute Gasteiger partial charge is 0.206 e. The Labute approximate surface area is 168 Å². The van der Waals surface area contributed by atoms with Crippen LogP contribution in [-0.4, -0.2) is 19.8 Å². The molecule has 1 unspecified atom stereocenters. The monoisotopic (exact) mass is 405 g/mol. The van der Waals surface area contributed by atoms with Crippen LogP contribution >= 0.6 is 0 Å². The Morgan fingerprint density at radius 1 is 0.857 bits per heavy atom. The number of nitrogens with two attached hydrogens (primary N) is 1. The van der Waals surface area contributed by atoms with Crippen LogP contribution in [0.25, 0.3) is 0 Å². The summed E-state index contributed by atoms with van der Waals surface area (Å²) in [6.07, 6.45) is 8.95. The Kier molecular flexibility index (Phi) is 8.80. The van der Waals surface area contributed by atoms with E-state index in [-0.39, 0.29) is 15.5 Å². The van der Waals surface area contributed by atoms with Gasteiger partial charge >= 0.3 is 0 Å². The summed E-state index contributed by atoms with van der Waals surface area (Å²) in [6.45, 7) is 2.21. The Morgan fingerprint density at radius 3 is 1.93 bits per heavy atom. The lowest BCUT2D eigenvalue weighted by Gasteiger charge is -2.15. The molecule has 0 radical (unpaired) electrons. The van der Waals surface area contributed by atoms with Gasteiger partial charge in [0.05, 0.1) is 9.79 Å². The maximum absolute atomic E-state index is 12.6. The summed E-state index contributed by atoms with van der Waals surface area (Å²) in [5.41, 5.74) is 6.03. The van der Waals surface area contributed by atoms with Gasteiger partial charge in [-0.05, 0) is 61.4 Å². The fourth-order valence-corrected chi connectivity index (χ4v) is 4.26. The van der Waals surface area contributed by atoms with Crippen molar-refractivity contribution in [3.05, 3.63) is 48.5 Å². The molecule has 0 aliphatic rings. The minimum absolute atomic E-state index is 0.0256. The van der Waals surface area contributed by atoms with E-state index in [0.29, 0.717) is 5.75 Å². The SMILES string of the molecule is CCCCCCCCCC(N)Oc1ccc(S(=O)(=O)c2ccc(O)cc2)cc1. The molecule has 2 rings (SSSR count). The van der Waals surface area contributed by atoms with Crippen molar-refractivity contribution in [2.24, 2.45) is 5.73 Å². The molecule has 154 valence electrons. The molecule has 3 N–H and O–H groups in total. The third-order valence-electron chi connectivity index (χ3n) is 4.66. The summed E-state index contributed by atoms with van der Waals surface area (Å²) in [5, 5.41) is 9.32. The van der Waals surface area contributed by atoms with Crippen LogP contribution in [0.5, 0.6) is 11.5 Å². The van der Waals surface area contributed by atoms with Crippen molar-refractivity contribution in [3.63, 3.8) is 0 Å². The molecule has 1 atom stereocenters. The highest BCUT2D eigenvalue weighted by Crippen LogP contribution is 2.25. The highest BCUT2D eigenvalue weighted by Gasteiger charge is 2.17. The second-order valence-corrected chi connectivity index (χ2v) is 8.98. The van der Waals surface area contributed by atoms with Crippen LogP contribution in [0.1, 0.15) is 58.3 Å². The van der Waals surface area contributed by atoms with Gasteiger partial charge in [0.2, 0.25) is 9.84 Å². The number of hydrogen-bond donors (Lipinski definition) is 2. The largest absolute Gasteiger partial charge is 0.508 e. The van der Waals surface area contributed by atoms with Crippen molar-refractivity contribution >= 4 is 9.84 Å². The Balaban J connectivity index is 1.82. The van der Waals surface area contributed by atoms with Gasteiger partial charge in [-0.15, -0.1) is 0 Å². The molecule has 2 aromatic rings. The van der Waals surface area contributed by atoms with Gasteiger partial charge in [0.1, 0.15) is 17.7 Å². The standard InChI is InChI=1S/C22H31NO4S/c1-2-3-4-5-6-7-8-9-22(23)27-19-12-16-21(17-13-19)28(25,26)20-14-10-18(24)11-15-20/h10-17,22,24H,2-9,23H2,1H3. The summed E-state index contributed by atoms with van der Waals surface area (Å²) < 4.78 is 30.9. The first-order valence-corrected chi connectivity index (χ1v) is 11.5. The first-order chi connectivity index (χ1) is 13.4. The highest BCUT2D eigenvalue weighted by molar-refractivity contribution is 7.91. The lowest BCUT2D eigenvalue weighted by molar-refractivity contribution is 0.194. The molecule has 2 aromatic carbocycles. The number of rotatable bonds is 12. The average Bonchev–Trinajstić information content (AvgIpc) is 2.68. The summed E-state index contributed by atoms with van der Waals surface area (Å²) in [7, 11) is -3.63. The van der Waals surface area contributed by atoms with E-state index in [1.165, 1.54) is 68.5 Å². The molecule has 0 aliphatic carbocycles. The van der Waals surface area contributed by atoms with Gasteiger partial charge in [0.25, 0.3) is 0 Å². The van der Waals surface area contributed by atoms with Gasteiger partial charge in [-0.3, -0.25) is 5.73 Å². The number of hydrogen-bond acceptors (Lipinski definition) is 5. The molecule has 0 saturated carbocycles. The van der Waals surface area contributed by atoms with E-state index in [1.54, 1.807) is 12.1 Å². The lowest BCUT2D eigenvalue weighted by Crippen LogP contribution is -2.26. The van der Waals surface area contributed by atoms with E-state index in [1.807, 2.05) is 0 Å². The highest BCUT2D eigenvalue weighted by atomic mass is 32.2. The number of unbranched alkanes of at least 4 members (excludes halogenated alkanes) is 6. The van der Waals surface area contributed by atoms with Gasteiger partial charge in [-0.1, -0.05) is 45.4 Å². The van der Waals surface area contributed by atoms with Gasteiger partial charge in [0.15, 0.2) is 0 Å². The molecule has 5 nitrogen and oxygen atoms in total. The summed E-state index contributed by atoms with van der Waals surface area (Å²) >= 11 is 0. The van der Waals surface area contributed by atoms with Crippen molar-refractivity contribution in [1.29, 1.82) is 0 Å². The fraction of sp³-hybridized carbons (Fsp3) is 0.455. The van der Waals surface area contributed by atoms with Crippen LogP contribution in [0.15, 0.2) is 58.3 Å². The predicted octanol–water partition coefficient (Wildman–Crippen LogP) is 5.03. The van der Waals surface area contributed by atoms with Crippen molar-refractivity contribution < 1.29 is 18.3 Å². The van der Waals surface area contributed by atoms with Crippen LogP contribution in [0.4, 0.5) is 0 Å². The Morgan fingerprint density at radius 2 is 1.36 bits per heavy atom. The molecule has 0 aliphatic heterocycles. The maximum atomic E-state index is 12.6. The van der Waals surface area contributed by atoms with Crippen LogP contribution in [0.3, 0.4) is 0 Å². The molecule has 0 amide bonds. The molecule has 0 saturated heterocycles. The summed E-state index contributed by atoms with van der Waals surface area (Å²) in [6, 6.07) is 11.7. The van der Waals surface area contributed by atoms with E-state index >= 15 is 0 Å². The minimum atomic E-state index is -3.63. The topological polar surface area (TPSA) is 89.6 Å². The Hall–Kier alpha value is -2.05. The quantitative estimate of drug-likeness (QED) is 0.382. The number of phenolic OH excluding ortho intramolecular Hbond substituents is 1. The van der Waals surface area contributed by atoms with E-state index in [4.69, 9.17) is 10.5 Å². The first kappa shape index (κ1) is 22.2. The van der Waals surface area contributed by atoms with E-state index < -0.39 is 16.1 Å². The van der Waals surface area contributed by atoms with E-state index in [0.717, 1.165) is 19.3 Å². The second kappa shape index (κ2) is 11.1. The Bertz CT molecular complexity index is 801. The molecular formula is C22H31NO4S. The van der Waals surface area contributed by atoms with E-state index in [2.05, 4.69) is 6.92 Å². The summed E-state index contributed by atoms with van der Waals surface area (Å²) in [5.74, 6) is 0.581. The number of sulfone groups is 1. The van der Waals surface area contributed by atoms with Crippen LogP contribution < -0.4 is 10.5 Å². The average molecular weight is 406 g/mol. The zero-order valence-electron chi connectivity index (χ0n) is 16.5. The molecule has 28 heavy (non-hydrogen) atoms. The van der Waals surface area contributed by atoms with Crippen LogP contribution in [-0.2, 0) is 9.84 Å². The molecule has 0 spiro atoms.